The number of rotatable bonds is 3. The second-order valence-corrected chi connectivity index (χ2v) is 4.77. The average Bonchev–Trinajstić information content (AvgIpc) is 2.63. The number of benzene rings is 1. The van der Waals surface area contributed by atoms with Crippen LogP contribution >= 0.6 is 0 Å². The first-order valence-electron chi connectivity index (χ1n) is 6.06. The van der Waals surface area contributed by atoms with E-state index in [1.165, 1.54) is 0 Å². The average molecular weight is 245 g/mol. The van der Waals surface area contributed by atoms with Gasteiger partial charge >= 0.3 is 0 Å². The fourth-order valence-electron chi connectivity index (χ4n) is 1.89. The van der Waals surface area contributed by atoms with Crippen molar-refractivity contribution in [1.82, 2.24) is 9.78 Å². The monoisotopic (exact) mass is 245 g/mol. The molecular formula is C14H19N3O. The van der Waals surface area contributed by atoms with E-state index >= 15 is 0 Å². The minimum Gasteiger partial charge on any atom is -0.398 e. The van der Waals surface area contributed by atoms with E-state index in [0.29, 0.717) is 6.54 Å². The summed E-state index contributed by atoms with van der Waals surface area (Å²) in [6.07, 6.45) is -0.403. The molecule has 96 valence electrons. The SMILES string of the molecule is Cc1ccc(-c2cc(C)n(CC(C)O)n2)cc1N. The molecule has 2 rings (SSSR count). The molecule has 0 radical (unpaired) electrons. The molecule has 4 heteroatoms. The fraction of sp³-hybridized carbons (Fsp3) is 0.357. The lowest BCUT2D eigenvalue weighted by atomic mass is 10.1. The van der Waals surface area contributed by atoms with Crippen LogP contribution in [0.3, 0.4) is 0 Å². The van der Waals surface area contributed by atoms with Gasteiger partial charge in [-0.15, -0.1) is 0 Å². The van der Waals surface area contributed by atoms with Gasteiger partial charge in [0.25, 0.3) is 0 Å². The number of hydrogen-bond acceptors (Lipinski definition) is 3. The van der Waals surface area contributed by atoms with Gasteiger partial charge in [-0.1, -0.05) is 12.1 Å². The number of nitrogens with zero attached hydrogens (tertiary/aromatic N) is 2. The summed E-state index contributed by atoms with van der Waals surface area (Å²) in [5.41, 5.74) is 10.7. The minimum absolute atomic E-state index is 0.403. The van der Waals surface area contributed by atoms with E-state index in [1.54, 1.807) is 6.92 Å². The Kier molecular flexibility index (Phi) is 3.39. The van der Waals surface area contributed by atoms with Gasteiger partial charge in [0, 0.05) is 16.9 Å². The Bertz CT molecular complexity index is 558. The van der Waals surface area contributed by atoms with Crippen molar-refractivity contribution in [3.8, 4) is 11.3 Å². The van der Waals surface area contributed by atoms with Crippen LogP contribution in [0.5, 0.6) is 0 Å². The van der Waals surface area contributed by atoms with Crippen LogP contribution in [0.15, 0.2) is 24.3 Å². The van der Waals surface area contributed by atoms with Crippen molar-refractivity contribution in [2.75, 3.05) is 5.73 Å². The Morgan fingerprint density at radius 2 is 2.06 bits per heavy atom. The summed E-state index contributed by atoms with van der Waals surface area (Å²) in [6, 6.07) is 7.95. The maximum atomic E-state index is 9.41. The van der Waals surface area contributed by atoms with Crippen LogP contribution in [-0.4, -0.2) is 21.0 Å². The van der Waals surface area contributed by atoms with Gasteiger partial charge in [0.2, 0.25) is 0 Å². The Labute approximate surface area is 107 Å². The van der Waals surface area contributed by atoms with Crippen LogP contribution in [-0.2, 0) is 6.54 Å². The van der Waals surface area contributed by atoms with E-state index in [1.807, 2.05) is 42.8 Å². The highest BCUT2D eigenvalue weighted by atomic mass is 16.3. The maximum absolute atomic E-state index is 9.41. The largest absolute Gasteiger partial charge is 0.398 e. The van der Waals surface area contributed by atoms with E-state index in [9.17, 15) is 5.11 Å². The molecule has 1 aromatic heterocycles. The number of nitrogen functional groups attached to an aromatic ring is 1. The lowest BCUT2D eigenvalue weighted by Crippen LogP contribution is -2.14. The van der Waals surface area contributed by atoms with E-state index < -0.39 is 6.10 Å². The van der Waals surface area contributed by atoms with Crippen molar-refractivity contribution in [2.45, 2.75) is 33.4 Å². The van der Waals surface area contributed by atoms with Crippen molar-refractivity contribution in [2.24, 2.45) is 0 Å². The van der Waals surface area contributed by atoms with E-state index in [-0.39, 0.29) is 0 Å². The number of anilines is 1. The minimum atomic E-state index is -0.403. The highest BCUT2D eigenvalue weighted by Crippen LogP contribution is 2.23. The lowest BCUT2D eigenvalue weighted by molar-refractivity contribution is 0.167. The molecule has 0 amide bonds. The van der Waals surface area contributed by atoms with E-state index in [2.05, 4.69) is 5.10 Å². The van der Waals surface area contributed by atoms with Crippen molar-refractivity contribution in [3.63, 3.8) is 0 Å². The smallest absolute Gasteiger partial charge is 0.0926 e. The summed E-state index contributed by atoms with van der Waals surface area (Å²) in [5.74, 6) is 0. The third kappa shape index (κ3) is 2.54. The first kappa shape index (κ1) is 12.6. The molecule has 0 aliphatic rings. The topological polar surface area (TPSA) is 64.1 Å². The lowest BCUT2D eigenvalue weighted by Gasteiger charge is -2.06. The second kappa shape index (κ2) is 4.82. The zero-order valence-corrected chi connectivity index (χ0v) is 11.0. The quantitative estimate of drug-likeness (QED) is 0.814. The van der Waals surface area contributed by atoms with Crippen LogP contribution in [0, 0.1) is 13.8 Å². The molecule has 0 fully saturated rings. The van der Waals surface area contributed by atoms with Crippen LogP contribution < -0.4 is 5.73 Å². The van der Waals surface area contributed by atoms with Crippen LogP contribution in [0.25, 0.3) is 11.3 Å². The zero-order valence-electron chi connectivity index (χ0n) is 11.0. The van der Waals surface area contributed by atoms with Gasteiger partial charge in [0.1, 0.15) is 0 Å². The number of aliphatic hydroxyl groups is 1. The first-order chi connectivity index (χ1) is 8.47. The van der Waals surface area contributed by atoms with Gasteiger partial charge in [-0.25, -0.2) is 0 Å². The molecule has 0 aliphatic heterocycles. The van der Waals surface area contributed by atoms with Crippen LogP contribution in [0.1, 0.15) is 18.2 Å². The number of nitrogens with two attached hydrogens (primary N) is 1. The molecule has 1 aromatic carbocycles. The van der Waals surface area contributed by atoms with Gasteiger partial charge in [-0.2, -0.15) is 5.10 Å². The van der Waals surface area contributed by atoms with Crippen molar-refractivity contribution in [3.05, 3.63) is 35.5 Å². The Balaban J connectivity index is 2.36. The fourth-order valence-corrected chi connectivity index (χ4v) is 1.89. The van der Waals surface area contributed by atoms with Crippen molar-refractivity contribution < 1.29 is 5.11 Å². The Morgan fingerprint density at radius 3 is 2.67 bits per heavy atom. The standard InChI is InChI=1S/C14H19N3O/c1-9-4-5-12(7-13(9)15)14-6-10(2)17(16-14)8-11(3)18/h4-7,11,18H,8,15H2,1-3H3. The normalized spacial score (nSPS) is 12.7. The highest BCUT2D eigenvalue weighted by molar-refractivity contribution is 5.66. The number of aryl methyl sites for hydroxylation is 2. The highest BCUT2D eigenvalue weighted by Gasteiger charge is 2.09. The second-order valence-electron chi connectivity index (χ2n) is 4.77. The number of aromatic nitrogens is 2. The molecule has 18 heavy (non-hydrogen) atoms. The third-order valence-electron chi connectivity index (χ3n) is 2.99. The van der Waals surface area contributed by atoms with Gasteiger partial charge in [-0.05, 0) is 38.5 Å². The molecule has 0 bridgehead atoms. The van der Waals surface area contributed by atoms with Crippen LogP contribution in [0.2, 0.25) is 0 Å². The van der Waals surface area contributed by atoms with Gasteiger partial charge in [0.15, 0.2) is 0 Å². The molecule has 4 nitrogen and oxygen atoms in total. The van der Waals surface area contributed by atoms with Crippen LogP contribution in [0.4, 0.5) is 5.69 Å². The molecule has 1 unspecified atom stereocenters. The zero-order chi connectivity index (χ0) is 13.3. The van der Waals surface area contributed by atoms with E-state index in [4.69, 9.17) is 5.73 Å². The predicted octanol–water partition coefficient (Wildman–Crippen LogP) is 2.13. The molecule has 1 heterocycles. The molecule has 3 N–H and O–H groups in total. The van der Waals surface area contributed by atoms with Gasteiger partial charge in [-0.3, -0.25) is 4.68 Å². The number of aliphatic hydroxyl groups excluding tert-OH is 1. The molecule has 0 saturated heterocycles. The summed E-state index contributed by atoms with van der Waals surface area (Å²) in [6.45, 7) is 6.23. The summed E-state index contributed by atoms with van der Waals surface area (Å²) < 4.78 is 1.82. The van der Waals surface area contributed by atoms with Crippen molar-refractivity contribution in [1.29, 1.82) is 0 Å². The van der Waals surface area contributed by atoms with Crippen molar-refractivity contribution >= 4 is 5.69 Å². The molecule has 0 aliphatic carbocycles. The summed E-state index contributed by atoms with van der Waals surface area (Å²) in [7, 11) is 0. The Hall–Kier alpha value is -1.81. The van der Waals surface area contributed by atoms with E-state index in [0.717, 1.165) is 28.2 Å². The number of hydrogen-bond donors (Lipinski definition) is 2. The molecule has 0 spiro atoms. The van der Waals surface area contributed by atoms with Gasteiger partial charge < -0.3 is 10.8 Å². The molecule has 0 saturated carbocycles. The first-order valence-corrected chi connectivity index (χ1v) is 6.06. The molecular weight excluding hydrogens is 226 g/mol. The third-order valence-corrected chi connectivity index (χ3v) is 2.99. The Morgan fingerprint density at radius 1 is 1.33 bits per heavy atom. The summed E-state index contributed by atoms with van der Waals surface area (Å²) in [4.78, 5) is 0. The predicted molar refractivity (Wildman–Crippen MR) is 73.2 cm³/mol. The molecule has 2 aromatic rings. The maximum Gasteiger partial charge on any atom is 0.0926 e. The van der Waals surface area contributed by atoms with Gasteiger partial charge in [0.05, 0.1) is 18.3 Å². The summed E-state index contributed by atoms with van der Waals surface area (Å²) in [5, 5.41) is 13.9. The molecule has 1 atom stereocenters. The summed E-state index contributed by atoms with van der Waals surface area (Å²) >= 11 is 0.